The zero-order valence-electron chi connectivity index (χ0n) is 10.9. The first-order valence-corrected chi connectivity index (χ1v) is 6.99. The highest BCUT2D eigenvalue weighted by Crippen LogP contribution is 2.09. The number of amides is 1. The third-order valence-electron chi connectivity index (χ3n) is 3.73. The van der Waals surface area contributed by atoms with E-state index in [1.807, 2.05) is 0 Å². The molecule has 2 aliphatic rings. The highest BCUT2D eigenvalue weighted by molar-refractivity contribution is 5.76. The first-order chi connectivity index (χ1) is 8.24. The third-order valence-corrected chi connectivity index (χ3v) is 3.73. The van der Waals surface area contributed by atoms with E-state index >= 15 is 0 Å². The van der Waals surface area contributed by atoms with Crippen LogP contribution in [-0.2, 0) is 4.79 Å². The number of carbonyl (C=O) groups excluding carboxylic acids is 1. The van der Waals surface area contributed by atoms with Crippen molar-refractivity contribution in [2.45, 2.75) is 51.1 Å². The van der Waals surface area contributed by atoms with Crippen LogP contribution in [0.5, 0.6) is 0 Å². The third kappa shape index (κ3) is 4.28. The molecule has 4 heteroatoms. The molecule has 2 heterocycles. The Balaban J connectivity index is 1.62. The van der Waals surface area contributed by atoms with Gasteiger partial charge in [-0.1, -0.05) is 0 Å². The van der Waals surface area contributed by atoms with Crippen molar-refractivity contribution in [2.24, 2.45) is 0 Å². The van der Waals surface area contributed by atoms with Gasteiger partial charge in [0.1, 0.15) is 0 Å². The average molecular weight is 239 g/mol. The Morgan fingerprint density at radius 3 is 2.82 bits per heavy atom. The van der Waals surface area contributed by atoms with Gasteiger partial charge in [-0.3, -0.25) is 4.79 Å². The highest BCUT2D eigenvalue weighted by Gasteiger charge is 2.20. The van der Waals surface area contributed by atoms with Gasteiger partial charge in [0.25, 0.3) is 0 Å². The monoisotopic (exact) mass is 239 g/mol. The number of hydrogen-bond acceptors (Lipinski definition) is 3. The lowest BCUT2D eigenvalue weighted by Gasteiger charge is -2.21. The van der Waals surface area contributed by atoms with Crippen molar-refractivity contribution in [1.82, 2.24) is 15.5 Å². The summed E-state index contributed by atoms with van der Waals surface area (Å²) in [4.78, 5) is 14.3. The van der Waals surface area contributed by atoms with Crippen molar-refractivity contribution in [3.05, 3.63) is 0 Å². The summed E-state index contributed by atoms with van der Waals surface area (Å²) in [6, 6.07) is 0.691. The fraction of sp³-hybridized carbons (Fsp3) is 0.923. The second kappa shape index (κ2) is 6.36. The molecule has 2 aliphatic heterocycles. The molecular weight excluding hydrogens is 214 g/mol. The van der Waals surface area contributed by atoms with Crippen LogP contribution in [0, 0.1) is 0 Å². The predicted molar refractivity (Wildman–Crippen MR) is 68.9 cm³/mol. The van der Waals surface area contributed by atoms with Crippen LogP contribution in [0.15, 0.2) is 0 Å². The summed E-state index contributed by atoms with van der Waals surface area (Å²) in [5.74, 6) is 0.205. The second-order valence-corrected chi connectivity index (χ2v) is 5.47. The molecule has 0 radical (unpaired) electrons. The number of likely N-dealkylation sites (tertiary alicyclic amines) is 1. The van der Waals surface area contributed by atoms with Crippen LogP contribution in [0.3, 0.4) is 0 Å². The zero-order valence-corrected chi connectivity index (χ0v) is 10.9. The Kier molecular flexibility index (Phi) is 4.80. The van der Waals surface area contributed by atoms with Gasteiger partial charge < -0.3 is 15.5 Å². The second-order valence-electron chi connectivity index (χ2n) is 5.47. The maximum absolute atomic E-state index is 11.8. The highest BCUT2D eigenvalue weighted by atomic mass is 16.1. The molecule has 2 atom stereocenters. The van der Waals surface area contributed by atoms with E-state index in [9.17, 15) is 4.79 Å². The van der Waals surface area contributed by atoms with Crippen LogP contribution in [0.4, 0.5) is 0 Å². The van der Waals surface area contributed by atoms with E-state index in [0.717, 1.165) is 19.5 Å². The topological polar surface area (TPSA) is 44.4 Å². The molecule has 2 rings (SSSR count). The molecule has 0 saturated carbocycles. The summed E-state index contributed by atoms with van der Waals surface area (Å²) >= 11 is 0. The quantitative estimate of drug-likeness (QED) is 0.743. The molecule has 1 amide bonds. The number of rotatable bonds is 5. The Hall–Kier alpha value is -0.610. The van der Waals surface area contributed by atoms with Gasteiger partial charge in [0.2, 0.25) is 5.91 Å². The molecular formula is C13H25N3O. The lowest BCUT2D eigenvalue weighted by atomic mass is 10.1. The number of carbonyl (C=O) groups is 1. The molecule has 0 aromatic heterocycles. The van der Waals surface area contributed by atoms with Crippen LogP contribution < -0.4 is 10.6 Å². The Morgan fingerprint density at radius 1 is 1.41 bits per heavy atom. The van der Waals surface area contributed by atoms with Crippen molar-refractivity contribution in [1.29, 1.82) is 0 Å². The molecule has 0 bridgehead atoms. The first-order valence-electron chi connectivity index (χ1n) is 6.99. The fourth-order valence-electron chi connectivity index (χ4n) is 2.89. The molecule has 4 nitrogen and oxygen atoms in total. The Morgan fingerprint density at radius 2 is 2.18 bits per heavy atom. The first kappa shape index (κ1) is 12.8. The summed E-state index contributed by atoms with van der Waals surface area (Å²) in [6.07, 6.45) is 5.62. The van der Waals surface area contributed by atoms with Crippen molar-refractivity contribution in [3.63, 3.8) is 0 Å². The van der Waals surface area contributed by atoms with Gasteiger partial charge in [0, 0.05) is 25.0 Å². The summed E-state index contributed by atoms with van der Waals surface area (Å²) in [5.41, 5.74) is 0. The predicted octanol–water partition coefficient (Wildman–Crippen LogP) is 0.729. The van der Waals surface area contributed by atoms with Crippen LogP contribution >= 0.6 is 0 Å². The van der Waals surface area contributed by atoms with Crippen molar-refractivity contribution < 1.29 is 4.79 Å². The molecule has 0 aromatic rings. The zero-order chi connectivity index (χ0) is 12.1. The van der Waals surface area contributed by atoms with Crippen LogP contribution in [0.2, 0.25) is 0 Å². The fourth-order valence-corrected chi connectivity index (χ4v) is 2.89. The van der Waals surface area contributed by atoms with E-state index in [1.54, 1.807) is 0 Å². The van der Waals surface area contributed by atoms with Gasteiger partial charge in [0.15, 0.2) is 0 Å². The van der Waals surface area contributed by atoms with Crippen LogP contribution in [0.25, 0.3) is 0 Å². The SMILES string of the molecule is CC(CN1CCCC1)NC(=O)CC1CCCN1. The molecule has 0 aromatic carbocycles. The normalized spacial score (nSPS) is 27.2. The van der Waals surface area contributed by atoms with E-state index in [1.165, 1.54) is 32.4 Å². The molecule has 98 valence electrons. The van der Waals surface area contributed by atoms with E-state index in [-0.39, 0.29) is 11.9 Å². The van der Waals surface area contributed by atoms with Gasteiger partial charge in [-0.2, -0.15) is 0 Å². The Labute approximate surface area is 104 Å². The largest absolute Gasteiger partial charge is 0.352 e. The van der Waals surface area contributed by atoms with Crippen molar-refractivity contribution in [2.75, 3.05) is 26.2 Å². The standard InChI is InChI=1S/C13H25N3O/c1-11(10-16-7-2-3-8-16)15-13(17)9-12-5-4-6-14-12/h11-12,14H,2-10H2,1H3,(H,15,17). The molecule has 2 N–H and O–H groups in total. The Bertz CT molecular complexity index is 245. The minimum atomic E-state index is 0.205. The minimum Gasteiger partial charge on any atom is -0.352 e. The van der Waals surface area contributed by atoms with E-state index in [4.69, 9.17) is 0 Å². The minimum absolute atomic E-state index is 0.205. The maximum atomic E-state index is 11.8. The maximum Gasteiger partial charge on any atom is 0.221 e. The van der Waals surface area contributed by atoms with E-state index < -0.39 is 0 Å². The van der Waals surface area contributed by atoms with E-state index in [2.05, 4.69) is 22.5 Å². The number of nitrogens with zero attached hydrogens (tertiary/aromatic N) is 1. The molecule has 2 unspecified atom stereocenters. The molecule has 2 saturated heterocycles. The summed E-state index contributed by atoms with van der Waals surface area (Å²) in [6.45, 7) is 6.58. The van der Waals surface area contributed by atoms with Gasteiger partial charge in [-0.15, -0.1) is 0 Å². The number of hydrogen-bond donors (Lipinski definition) is 2. The number of nitrogens with one attached hydrogen (secondary N) is 2. The smallest absolute Gasteiger partial charge is 0.221 e. The molecule has 0 spiro atoms. The van der Waals surface area contributed by atoms with Gasteiger partial charge in [-0.05, 0) is 52.2 Å². The van der Waals surface area contributed by atoms with Crippen molar-refractivity contribution in [3.8, 4) is 0 Å². The summed E-state index contributed by atoms with van der Waals surface area (Å²) < 4.78 is 0. The van der Waals surface area contributed by atoms with E-state index in [0.29, 0.717) is 12.5 Å². The van der Waals surface area contributed by atoms with Crippen LogP contribution in [0.1, 0.15) is 39.0 Å². The molecule has 2 fully saturated rings. The average Bonchev–Trinajstić information content (AvgIpc) is 2.90. The lowest BCUT2D eigenvalue weighted by Crippen LogP contribution is -2.42. The van der Waals surface area contributed by atoms with Gasteiger partial charge >= 0.3 is 0 Å². The van der Waals surface area contributed by atoms with Gasteiger partial charge in [-0.25, -0.2) is 0 Å². The molecule has 17 heavy (non-hydrogen) atoms. The van der Waals surface area contributed by atoms with Gasteiger partial charge in [0.05, 0.1) is 0 Å². The van der Waals surface area contributed by atoms with Crippen molar-refractivity contribution >= 4 is 5.91 Å². The lowest BCUT2D eigenvalue weighted by molar-refractivity contribution is -0.122. The summed E-state index contributed by atoms with van der Waals surface area (Å²) in [5, 5.41) is 6.48. The summed E-state index contributed by atoms with van der Waals surface area (Å²) in [7, 11) is 0. The molecule has 0 aliphatic carbocycles. The van der Waals surface area contributed by atoms with Crippen LogP contribution in [-0.4, -0.2) is 49.1 Å².